The van der Waals surface area contributed by atoms with Crippen LogP contribution in [0.3, 0.4) is 0 Å². The fourth-order valence-corrected chi connectivity index (χ4v) is 2.47. The second-order valence-electron chi connectivity index (χ2n) is 4.15. The van der Waals surface area contributed by atoms with E-state index in [1.165, 1.54) is 4.70 Å². The number of anilines is 1. The summed E-state index contributed by atoms with van der Waals surface area (Å²) in [6.07, 6.45) is 0.992. The summed E-state index contributed by atoms with van der Waals surface area (Å²) in [5.74, 6) is 0. The first-order valence-electron chi connectivity index (χ1n) is 5.49. The number of nitrogens with two attached hydrogens (primary N) is 1. The molecule has 86 valence electrons. The molecule has 1 aromatic carbocycles. The van der Waals surface area contributed by atoms with Gasteiger partial charge in [-0.05, 0) is 25.5 Å². The monoisotopic (exact) mass is 235 g/mol. The van der Waals surface area contributed by atoms with Crippen molar-refractivity contribution >= 4 is 26.7 Å². The summed E-state index contributed by atoms with van der Waals surface area (Å²) in [5.41, 5.74) is 6.83. The Kier molecular flexibility index (Phi) is 3.41. The van der Waals surface area contributed by atoms with Crippen LogP contribution < -0.4 is 10.6 Å². The first-order valence-corrected chi connectivity index (χ1v) is 6.31. The summed E-state index contributed by atoms with van der Waals surface area (Å²) in [6, 6.07) is 8.47. The molecule has 2 N–H and O–H groups in total. The molecule has 3 nitrogen and oxygen atoms in total. The molecule has 0 saturated carbocycles. The molecule has 0 spiro atoms. The molecule has 0 radical (unpaired) electrons. The molecule has 0 aliphatic rings. The van der Waals surface area contributed by atoms with Crippen molar-refractivity contribution in [2.45, 2.75) is 19.4 Å². The van der Waals surface area contributed by atoms with E-state index in [0.29, 0.717) is 0 Å². The zero-order valence-electron chi connectivity index (χ0n) is 9.68. The van der Waals surface area contributed by atoms with Crippen LogP contribution in [0.2, 0.25) is 0 Å². The Morgan fingerprint density at radius 2 is 2.19 bits per heavy atom. The third kappa shape index (κ3) is 2.51. The van der Waals surface area contributed by atoms with Crippen LogP contribution in [0, 0.1) is 0 Å². The molecular weight excluding hydrogens is 218 g/mol. The molecule has 1 atom stereocenters. The zero-order chi connectivity index (χ0) is 11.5. The van der Waals surface area contributed by atoms with Crippen LogP contribution >= 0.6 is 11.3 Å². The minimum Gasteiger partial charge on any atom is -0.351 e. The highest BCUT2D eigenvalue weighted by atomic mass is 32.1. The number of hydrogen-bond acceptors (Lipinski definition) is 4. The van der Waals surface area contributed by atoms with E-state index in [9.17, 15) is 0 Å². The highest BCUT2D eigenvalue weighted by Crippen LogP contribution is 2.27. The van der Waals surface area contributed by atoms with Gasteiger partial charge in [-0.1, -0.05) is 23.5 Å². The van der Waals surface area contributed by atoms with Gasteiger partial charge in [0.05, 0.1) is 10.2 Å². The van der Waals surface area contributed by atoms with Crippen molar-refractivity contribution in [1.29, 1.82) is 0 Å². The van der Waals surface area contributed by atoms with Crippen molar-refractivity contribution in [3.05, 3.63) is 24.3 Å². The van der Waals surface area contributed by atoms with Crippen LogP contribution in [-0.2, 0) is 0 Å². The Hall–Kier alpha value is -1.13. The number of hydrogen-bond donors (Lipinski definition) is 1. The maximum absolute atomic E-state index is 5.75. The van der Waals surface area contributed by atoms with Gasteiger partial charge >= 0.3 is 0 Å². The smallest absolute Gasteiger partial charge is 0.186 e. The lowest BCUT2D eigenvalue weighted by molar-refractivity contribution is 0.658. The van der Waals surface area contributed by atoms with Crippen molar-refractivity contribution in [1.82, 2.24) is 4.98 Å². The maximum Gasteiger partial charge on any atom is 0.186 e. The number of benzene rings is 1. The van der Waals surface area contributed by atoms with Crippen LogP contribution in [0.15, 0.2) is 24.3 Å². The van der Waals surface area contributed by atoms with Gasteiger partial charge in [0.15, 0.2) is 5.13 Å². The predicted octanol–water partition coefficient (Wildman–Crippen LogP) is 2.47. The van der Waals surface area contributed by atoms with Crippen molar-refractivity contribution < 1.29 is 0 Å². The van der Waals surface area contributed by atoms with E-state index in [0.717, 1.165) is 23.6 Å². The van der Waals surface area contributed by atoms with Crippen molar-refractivity contribution in [3.63, 3.8) is 0 Å². The molecule has 2 aromatic rings. The molecule has 0 fully saturated rings. The van der Waals surface area contributed by atoms with Crippen LogP contribution in [0.5, 0.6) is 0 Å². The van der Waals surface area contributed by atoms with E-state index in [4.69, 9.17) is 5.73 Å². The zero-order valence-corrected chi connectivity index (χ0v) is 10.5. The quantitative estimate of drug-likeness (QED) is 0.885. The summed E-state index contributed by atoms with van der Waals surface area (Å²) in [7, 11) is 2.07. The SMILES string of the molecule is CC(N)CCN(C)c1nc2ccccc2s1. The van der Waals surface area contributed by atoms with E-state index in [1.807, 2.05) is 19.1 Å². The van der Waals surface area contributed by atoms with Gasteiger partial charge in [0.2, 0.25) is 0 Å². The van der Waals surface area contributed by atoms with Crippen LogP contribution in [0.25, 0.3) is 10.2 Å². The molecule has 4 heteroatoms. The van der Waals surface area contributed by atoms with E-state index < -0.39 is 0 Å². The molecule has 0 amide bonds. The fraction of sp³-hybridized carbons (Fsp3) is 0.417. The van der Waals surface area contributed by atoms with E-state index in [-0.39, 0.29) is 6.04 Å². The number of para-hydroxylation sites is 1. The Bertz CT molecular complexity index is 431. The lowest BCUT2D eigenvalue weighted by atomic mass is 10.2. The third-order valence-corrected chi connectivity index (χ3v) is 3.68. The van der Waals surface area contributed by atoms with Crippen LogP contribution in [0.4, 0.5) is 5.13 Å². The largest absolute Gasteiger partial charge is 0.351 e. The lowest BCUT2D eigenvalue weighted by Gasteiger charge is -2.16. The molecule has 0 aliphatic heterocycles. The number of nitrogens with zero attached hydrogens (tertiary/aromatic N) is 2. The van der Waals surface area contributed by atoms with Gasteiger partial charge in [0.25, 0.3) is 0 Å². The molecule has 1 unspecified atom stereocenters. The Balaban J connectivity index is 2.13. The maximum atomic E-state index is 5.75. The Morgan fingerprint density at radius 3 is 2.88 bits per heavy atom. The van der Waals surface area contributed by atoms with E-state index in [1.54, 1.807) is 11.3 Å². The second kappa shape index (κ2) is 4.80. The number of aromatic nitrogens is 1. The average Bonchev–Trinajstić information content (AvgIpc) is 2.69. The molecular formula is C12H17N3S. The van der Waals surface area contributed by atoms with Gasteiger partial charge in [-0.15, -0.1) is 0 Å². The fourth-order valence-electron chi connectivity index (χ4n) is 1.52. The van der Waals surface area contributed by atoms with Crippen LogP contribution in [-0.4, -0.2) is 24.6 Å². The lowest BCUT2D eigenvalue weighted by Crippen LogP contribution is -2.25. The Morgan fingerprint density at radius 1 is 1.44 bits per heavy atom. The summed E-state index contributed by atoms with van der Waals surface area (Å²) in [6.45, 7) is 2.99. The van der Waals surface area contributed by atoms with Crippen LogP contribution in [0.1, 0.15) is 13.3 Å². The average molecular weight is 235 g/mol. The first-order chi connectivity index (χ1) is 7.66. The molecule has 16 heavy (non-hydrogen) atoms. The first kappa shape index (κ1) is 11.4. The van der Waals surface area contributed by atoms with Gasteiger partial charge in [-0.3, -0.25) is 0 Å². The topological polar surface area (TPSA) is 42.1 Å². The molecule has 0 aliphatic carbocycles. The summed E-state index contributed by atoms with van der Waals surface area (Å²) in [4.78, 5) is 6.77. The molecule has 0 saturated heterocycles. The molecule has 1 aromatic heterocycles. The summed E-state index contributed by atoms with van der Waals surface area (Å²) in [5, 5.41) is 1.07. The van der Waals surface area contributed by atoms with Crippen molar-refractivity contribution in [3.8, 4) is 0 Å². The van der Waals surface area contributed by atoms with E-state index in [2.05, 4.69) is 29.1 Å². The highest BCUT2D eigenvalue weighted by Gasteiger charge is 2.08. The van der Waals surface area contributed by atoms with Crippen molar-refractivity contribution in [2.24, 2.45) is 5.73 Å². The normalized spacial score (nSPS) is 12.9. The summed E-state index contributed by atoms with van der Waals surface area (Å²) < 4.78 is 1.24. The second-order valence-corrected chi connectivity index (χ2v) is 5.16. The van der Waals surface area contributed by atoms with Gasteiger partial charge < -0.3 is 10.6 Å². The van der Waals surface area contributed by atoms with E-state index >= 15 is 0 Å². The van der Waals surface area contributed by atoms with Gasteiger partial charge in [0.1, 0.15) is 0 Å². The highest BCUT2D eigenvalue weighted by molar-refractivity contribution is 7.22. The number of rotatable bonds is 4. The third-order valence-electron chi connectivity index (χ3n) is 2.53. The number of thiazole rings is 1. The minimum atomic E-state index is 0.247. The van der Waals surface area contributed by atoms with Crippen molar-refractivity contribution in [2.75, 3.05) is 18.5 Å². The number of fused-ring (bicyclic) bond motifs is 1. The summed E-state index contributed by atoms with van der Waals surface area (Å²) >= 11 is 1.73. The molecule has 2 rings (SSSR count). The van der Waals surface area contributed by atoms with Gasteiger partial charge in [0, 0.05) is 19.6 Å². The molecule has 1 heterocycles. The van der Waals surface area contributed by atoms with Gasteiger partial charge in [-0.2, -0.15) is 0 Å². The minimum absolute atomic E-state index is 0.247. The molecule has 0 bridgehead atoms. The predicted molar refractivity (Wildman–Crippen MR) is 71.2 cm³/mol. The standard InChI is InChI=1S/C12H17N3S/c1-9(13)7-8-15(2)12-14-10-5-3-4-6-11(10)16-12/h3-6,9H,7-8,13H2,1-2H3. The Labute approximate surface area is 99.9 Å². The van der Waals surface area contributed by atoms with Gasteiger partial charge in [-0.25, -0.2) is 4.98 Å².